The first kappa shape index (κ1) is 18.4. The molecule has 0 atom stereocenters. The Morgan fingerprint density at radius 1 is 1.14 bits per heavy atom. The maximum atomic E-state index is 12.3. The molecule has 0 radical (unpaired) electrons. The van der Waals surface area contributed by atoms with Crippen LogP contribution in [-0.2, 0) is 4.79 Å². The number of thiazole rings is 1. The Hall–Kier alpha value is -2.96. The average Bonchev–Trinajstić information content (AvgIpc) is 3.13. The molecule has 2 aromatic carbocycles. The molecule has 1 amide bonds. The predicted octanol–water partition coefficient (Wildman–Crippen LogP) is 5.34. The third kappa shape index (κ3) is 3.98. The van der Waals surface area contributed by atoms with Crippen LogP contribution in [0.5, 0.6) is 5.75 Å². The number of rotatable bonds is 5. The van der Waals surface area contributed by atoms with Crippen molar-refractivity contribution >= 4 is 44.9 Å². The van der Waals surface area contributed by atoms with E-state index in [1.165, 1.54) is 11.3 Å². The molecular formula is C21H16ClN3O2S. The van der Waals surface area contributed by atoms with E-state index < -0.39 is 0 Å². The summed E-state index contributed by atoms with van der Waals surface area (Å²) in [7, 11) is 0. The van der Waals surface area contributed by atoms with Gasteiger partial charge in [0.25, 0.3) is 5.91 Å². The van der Waals surface area contributed by atoms with Crippen LogP contribution in [0.2, 0.25) is 5.02 Å². The van der Waals surface area contributed by atoms with Gasteiger partial charge in [0.2, 0.25) is 0 Å². The number of carbonyl (C=O) groups excluding carboxylic acids is 1. The van der Waals surface area contributed by atoms with Crippen molar-refractivity contribution < 1.29 is 9.53 Å². The maximum Gasteiger partial charge on any atom is 0.262 e. The topological polar surface area (TPSA) is 64.1 Å². The SMILES string of the molecule is Cc1c(NC(=O)COc2ccc(Cl)cc2)cccc1-c1nc2cccnc2s1. The second kappa shape index (κ2) is 7.96. The minimum absolute atomic E-state index is 0.0869. The van der Waals surface area contributed by atoms with Gasteiger partial charge in [-0.1, -0.05) is 35.1 Å². The Bertz CT molecular complexity index is 1110. The van der Waals surface area contributed by atoms with E-state index in [4.69, 9.17) is 16.3 Å². The molecule has 0 spiro atoms. The molecule has 0 saturated carbocycles. The Morgan fingerprint density at radius 3 is 2.75 bits per heavy atom. The summed E-state index contributed by atoms with van der Waals surface area (Å²) in [6, 6.07) is 16.5. The standard InChI is InChI=1S/C21H16ClN3O2S/c1-13-16(20-25-18-6-3-11-23-21(18)28-20)4-2-5-17(13)24-19(26)12-27-15-9-7-14(22)8-10-15/h2-11H,12H2,1H3,(H,24,26). The van der Waals surface area contributed by atoms with Crippen molar-refractivity contribution in [1.82, 2.24) is 9.97 Å². The molecule has 2 aromatic heterocycles. The number of nitrogens with zero attached hydrogens (tertiary/aromatic N) is 2. The van der Waals surface area contributed by atoms with Gasteiger partial charge in [-0.3, -0.25) is 4.79 Å². The second-order valence-electron chi connectivity index (χ2n) is 6.12. The average molecular weight is 410 g/mol. The summed E-state index contributed by atoms with van der Waals surface area (Å²) >= 11 is 7.38. The van der Waals surface area contributed by atoms with Crippen LogP contribution in [0.1, 0.15) is 5.56 Å². The molecule has 140 valence electrons. The van der Waals surface area contributed by atoms with Crippen molar-refractivity contribution in [3.63, 3.8) is 0 Å². The van der Waals surface area contributed by atoms with Gasteiger partial charge in [0.15, 0.2) is 6.61 Å². The van der Waals surface area contributed by atoms with E-state index in [0.717, 1.165) is 32.2 Å². The van der Waals surface area contributed by atoms with Gasteiger partial charge in [0.1, 0.15) is 21.1 Å². The third-order valence-corrected chi connectivity index (χ3v) is 5.45. The van der Waals surface area contributed by atoms with Crippen LogP contribution in [0.4, 0.5) is 5.69 Å². The first-order chi connectivity index (χ1) is 13.6. The van der Waals surface area contributed by atoms with E-state index in [0.29, 0.717) is 10.8 Å². The minimum atomic E-state index is -0.235. The molecule has 0 fully saturated rings. The van der Waals surface area contributed by atoms with Gasteiger partial charge >= 0.3 is 0 Å². The highest BCUT2D eigenvalue weighted by Crippen LogP contribution is 2.33. The molecule has 5 nitrogen and oxygen atoms in total. The fourth-order valence-electron chi connectivity index (χ4n) is 2.75. The first-order valence-corrected chi connectivity index (χ1v) is 9.79. The summed E-state index contributed by atoms with van der Waals surface area (Å²) < 4.78 is 5.50. The normalized spacial score (nSPS) is 10.8. The van der Waals surface area contributed by atoms with Crippen molar-refractivity contribution in [3.8, 4) is 16.3 Å². The van der Waals surface area contributed by atoms with Gasteiger partial charge in [-0.2, -0.15) is 0 Å². The van der Waals surface area contributed by atoms with Gasteiger partial charge in [-0.05, 0) is 55.0 Å². The van der Waals surface area contributed by atoms with Crippen molar-refractivity contribution in [2.75, 3.05) is 11.9 Å². The number of aromatic nitrogens is 2. The lowest BCUT2D eigenvalue weighted by molar-refractivity contribution is -0.118. The molecule has 0 aliphatic rings. The highest BCUT2D eigenvalue weighted by Gasteiger charge is 2.13. The van der Waals surface area contributed by atoms with Crippen molar-refractivity contribution in [2.24, 2.45) is 0 Å². The third-order valence-electron chi connectivity index (χ3n) is 4.19. The largest absolute Gasteiger partial charge is 0.484 e. The molecule has 2 heterocycles. The lowest BCUT2D eigenvalue weighted by atomic mass is 10.1. The number of benzene rings is 2. The number of halogens is 1. The number of ether oxygens (including phenoxy) is 1. The van der Waals surface area contributed by atoms with Gasteiger partial charge in [0.05, 0.1) is 0 Å². The van der Waals surface area contributed by atoms with Crippen LogP contribution in [0.25, 0.3) is 20.9 Å². The molecule has 7 heteroatoms. The van der Waals surface area contributed by atoms with Crippen LogP contribution in [-0.4, -0.2) is 22.5 Å². The number of amides is 1. The lowest BCUT2D eigenvalue weighted by Crippen LogP contribution is -2.20. The smallest absolute Gasteiger partial charge is 0.262 e. The van der Waals surface area contributed by atoms with Crippen LogP contribution in [0.3, 0.4) is 0 Å². The highest BCUT2D eigenvalue weighted by molar-refractivity contribution is 7.21. The van der Waals surface area contributed by atoms with E-state index in [1.807, 2.05) is 37.3 Å². The summed E-state index contributed by atoms with van der Waals surface area (Å²) in [6.45, 7) is 1.88. The van der Waals surface area contributed by atoms with Gasteiger partial charge < -0.3 is 10.1 Å². The van der Waals surface area contributed by atoms with E-state index >= 15 is 0 Å². The van der Waals surface area contributed by atoms with Gasteiger partial charge in [-0.25, -0.2) is 9.97 Å². The molecule has 1 N–H and O–H groups in total. The first-order valence-electron chi connectivity index (χ1n) is 8.60. The van der Waals surface area contributed by atoms with E-state index in [2.05, 4.69) is 15.3 Å². The van der Waals surface area contributed by atoms with Crippen LogP contribution >= 0.6 is 22.9 Å². The molecule has 0 aliphatic carbocycles. The number of nitrogens with one attached hydrogen (secondary N) is 1. The number of hydrogen-bond donors (Lipinski definition) is 1. The van der Waals surface area contributed by atoms with Crippen LogP contribution in [0, 0.1) is 6.92 Å². The predicted molar refractivity (Wildman–Crippen MR) is 113 cm³/mol. The Kier molecular flexibility index (Phi) is 5.23. The van der Waals surface area contributed by atoms with Crippen LogP contribution < -0.4 is 10.1 Å². The molecule has 4 aromatic rings. The van der Waals surface area contributed by atoms with Crippen molar-refractivity contribution in [1.29, 1.82) is 0 Å². The summed E-state index contributed by atoms with van der Waals surface area (Å²) in [5.74, 6) is 0.355. The van der Waals surface area contributed by atoms with Crippen molar-refractivity contribution in [2.45, 2.75) is 6.92 Å². The number of carbonyl (C=O) groups is 1. The monoisotopic (exact) mass is 409 g/mol. The zero-order valence-corrected chi connectivity index (χ0v) is 16.6. The summed E-state index contributed by atoms with van der Waals surface area (Å²) in [5, 5.41) is 4.40. The number of fused-ring (bicyclic) bond motifs is 1. The van der Waals surface area contributed by atoms with Crippen LogP contribution in [0.15, 0.2) is 60.8 Å². The Morgan fingerprint density at radius 2 is 1.96 bits per heavy atom. The molecule has 0 unspecified atom stereocenters. The van der Waals surface area contributed by atoms with Crippen molar-refractivity contribution in [3.05, 3.63) is 71.4 Å². The molecule has 4 rings (SSSR count). The molecule has 28 heavy (non-hydrogen) atoms. The number of hydrogen-bond acceptors (Lipinski definition) is 5. The van der Waals surface area contributed by atoms with Gasteiger partial charge in [-0.15, -0.1) is 0 Å². The molecule has 0 aliphatic heterocycles. The minimum Gasteiger partial charge on any atom is -0.484 e. The highest BCUT2D eigenvalue weighted by atomic mass is 35.5. The Labute approximate surface area is 171 Å². The molecular weight excluding hydrogens is 394 g/mol. The molecule has 0 bridgehead atoms. The fourth-order valence-corrected chi connectivity index (χ4v) is 3.87. The fraction of sp³-hybridized carbons (Fsp3) is 0.0952. The van der Waals surface area contributed by atoms with Gasteiger partial charge in [0, 0.05) is 22.5 Å². The summed E-state index contributed by atoms with van der Waals surface area (Å²) in [5.41, 5.74) is 3.52. The Balaban J connectivity index is 1.50. The van der Waals surface area contributed by atoms with E-state index in [9.17, 15) is 4.79 Å². The number of anilines is 1. The summed E-state index contributed by atoms with van der Waals surface area (Å²) in [6.07, 6.45) is 1.76. The number of pyridine rings is 1. The lowest BCUT2D eigenvalue weighted by Gasteiger charge is -2.12. The summed E-state index contributed by atoms with van der Waals surface area (Å²) in [4.78, 5) is 22.2. The van der Waals surface area contributed by atoms with E-state index in [-0.39, 0.29) is 12.5 Å². The molecule has 0 saturated heterocycles. The zero-order valence-electron chi connectivity index (χ0n) is 15.0. The van der Waals surface area contributed by atoms with E-state index in [1.54, 1.807) is 30.5 Å². The quantitative estimate of drug-likeness (QED) is 0.483. The maximum absolute atomic E-state index is 12.3. The second-order valence-corrected chi connectivity index (χ2v) is 7.53. The zero-order chi connectivity index (χ0) is 19.5.